The van der Waals surface area contributed by atoms with Crippen LogP contribution in [0.4, 0.5) is 5.69 Å². The molecule has 1 aromatic heterocycles. The van der Waals surface area contributed by atoms with E-state index in [0.29, 0.717) is 18.7 Å². The molecule has 1 aromatic carbocycles. The zero-order valence-electron chi connectivity index (χ0n) is 14.6. The van der Waals surface area contributed by atoms with Crippen LogP contribution >= 0.6 is 0 Å². The summed E-state index contributed by atoms with van der Waals surface area (Å²) >= 11 is 0. The smallest absolute Gasteiger partial charge is 0.248 e. The fourth-order valence-electron chi connectivity index (χ4n) is 3.29. The lowest BCUT2D eigenvalue weighted by Crippen LogP contribution is -2.51. The Hall–Kier alpha value is -2.67. The summed E-state index contributed by atoms with van der Waals surface area (Å²) in [7, 11) is 3.78. The molecule has 0 saturated carbocycles. The molecule has 3 rings (SSSR count). The molecule has 1 fully saturated rings. The minimum Gasteiger partial charge on any atom is -0.366 e. The highest BCUT2D eigenvalue weighted by Gasteiger charge is 2.32. The first-order valence-electron chi connectivity index (χ1n) is 8.34. The first-order valence-corrected chi connectivity index (χ1v) is 8.34. The summed E-state index contributed by atoms with van der Waals surface area (Å²) < 4.78 is 1.70. The molecule has 2 heterocycles. The van der Waals surface area contributed by atoms with Gasteiger partial charge < -0.3 is 10.6 Å². The Bertz CT molecular complexity index is 785. The molecule has 25 heavy (non-hydrogen) atoms. The molecule has 0 spiro atoms. The summed E-state index contributed by atoms with van der Waals surface area (Å²) in [6, 6.07) is 7.04. The number of piperidine rings is 1. The van der Waals surface area contributed by atoms with Gasteiger partial charge >= 0.3 is 0 Å². The number of benzene rings is 1. The van der Waals surface area contributed by atoms with Crippen LogP contribution in [0.15, 0.2) is 36.7 Å². The summed E-state index contributed by atoms with van der Waals surface area (Å²) in [5, 5.41) is 4.16. The van der Waals surface area contributed by atoms with E-state index in [1.165, 1.54) is 0 Å². The lowest BCUT2D eigenvalue weighted by Gasteiger charge is -2.36. The molecule has 7 heteroatoms. The van der Waals surface area contributed by atoms with E-state index < -0.39 is 5.91 Å². The van der Waals surface area contributed by atoms with Crippen LogP contribution < -0.4 is 10.6 Å². The van der Waals surface area contributed by atoms with Gasteiger partial charge in [0.15, 0.2) is 0 Å². The van der Waals surface area contributed by atoms with E-state index >= 15 is 0 Å². The highest BCUT2D eigenvalue weighted by molar-refractivity contribution is 5.97. The quantitative estimate of drug-likeness (QED) is 0.884. The largest absolute Gasteiger partial charge is 0.366 e. The Kier molecular flexibility index (Phi) is 4.85. The SMILES string of the molecule is CN(Cc1cccc(C(N)=O)c1)C1CCCN(c2cnn(C)c2)C1=O. The van der Waals surface area contributed by atoms with Gasteiger partial charge in [-0.15, -0.1) is 0 Å². The highest BCUT2D eigenvalue weighted by atomic mass is 16.2. The average molecular weight is 341 g/mol. The maximum atomic E-state index is 12.9. The van der Waals surface area contributed by atoms with Crippen molar-refractivity contribution < 1.29 is 9.59 Å². The van der Waals surface area contributed by atoms with Crippen molar-refractivity contribution >= 4 is 17.5 Å². The highest BCUT2D eigenvalue weighted by Crippen LogP contribution is 2.23. The van der Waals surface area contributed by atoms with Gasteiger partial charge in [0.1, 0.15) is 0 Å². The predicted octanol–water partition coefficient (Wildman–Crippen LogP) is 1.15. The Morgan fingerprint density at radius 3 is 2.92 bits per heavy atom. The Balaban J connectivity index is 1.73. The monoisotopic (exact) mass is 341 g/mol. The second-order valence-corrected chi connectivity index (χ2v) is 6.50. The van der Waals surface area contributed by atoms with Crippen molar-refractivity contribution in [3.63, 3.8) is 0 Å². The number of primary amides is 1. The van der Waals surface area contributed by atoms with Gasteiger partial charge in [-0.1, -0.05) is 12.1 Å². The number of carbonyl (C=O) groups excluding carboxylic acids is 2. The molecule has 0 radical (unpaired) electrons. The van der Waals surface area contributed by atoms with Crippen LogP contribution in [0.1, 0.15) is 28.8 Å². The summed E-state index contributed by atoms with van der Waals surface area (Å²) in [6.07, 6.45) is 5.34. The van der Waals surface area contributed by atoms with Gasteiger partial charge in [-0.2, -0.15) is 5.10 Å². The standard InChI is InChI=1S/C18H23N5O2/c1-21(11-13-5-3-6-14(9-13)17(19)24)16-7-4-8-23(18(16)25)15-10-20-22(2)12-15/h3,5-6,9-10,12,16H,4,7-8,11H2,1-2H3,(H2,19,24). The predicted molar refractivity (Wildman–Crippen MR) is 95.0 cm³/mol. The third-order valence-corrected chi connectivity index (χ3v) is 4.59. The van der Waals surface area contributed by atoms with E-state index in [4.69, 9.17) is 5.73 Å². The third kappa shape index (κ3) is 3.71. The molecule has 1 atom stereocenters. The van der Waals surface area contributed by atoms with Crippen LogP contribution in [-0.2, 0) is 18.4 Å². The van der Waals surface area contributed by atoms with E-state index in [1.54, 1.807) is 27.9 Å². The molecule has 0 aliphatic carbocycles. The van der Waals surface area contributed by atoms with Crippen LogP contribution in [-0.4, -0.2) is 46.1 Å². The van der Waals surface area contributed by atoms with Gasteiger partial charge in [0.2, 0.25) is 11.8 Å². The Morgan fingerprint density at radius 1 is 1.44 bits per heavy atom. The zero-order chi connectivity index (χ0) is 18.0. The van der Waals surface area contributed by atoms with Crippen LogP contribution in [0.5, 0.6) is 0 Å². The maximum Gasteiger partial charge on any atom is 0.248 e. The van der Waals surface area contributed by atoms with Crippen LogP contribution in [0.3, 0.4) is 0 Å². The number of amides is 2. The molecule has 2 N–H and O–H groups in total. The van der Waals surface area contributed by atoms with Crippen molar-refractivity contribution in [1.82, 2.24) is 14.7 Å². The van der Waals surface area contributed by atoms with Crippen molar-refractivity contribution in [2.45, 2.75) is 25.4 Å². The third-order valence-electron chi connectivity index (χ3n) is 4.59. The molecule has 1 aliphatic rings. The molecule has 7 nitrogen and oxygen atoms in total. The molecular weight excluding hydrogens is 318 g/mol. The van der Waals surface area contributed by atoms with E-state index in [2.05, 4.69) is 5.10 Å². The number of nitrogens with zero attached hydrogens (tertiary/aromatic N) is 4. The van der Waals surface area contributed by atoms with Crippen molar-refractivity contribution in [1.29, 1.82) is 0 Å². The molecule has 132 valence electrons. The molecule has 2 amide bonds. The summed E-state index contributed by atoms with van der Waals surface area (Å²) in [4.78, 5) is 28.1. The van der Waals surface area contributed by atoms with Crippen molar-refractivity contribution in [2.24, 2.45) is 12.8 Å². The first-order chi connectivity index (χ1) is 12.0. The zero-order valence-corrected chi connectivity index (χ0v) is 14.6. The topological polar surface area (TPSA) is 84.5 Å². The van der Waals surface area contributed by atoms with E-state index in [0.717, 1.165) is 24.1 Å². The average Bonchev–Trinajstić information content (AvgIpc) is 3.01. The van der Waals surface area contributed by atoms with Crippen LogP contribution in [0, 0.1) is 0 Å². The second-order valence-electron chi connectivity index (χ2n) is 6.50. The van der Waals surface area contributed by atoms with E-state index in [-0.39, 0.29) is 11.9 Å². The number of rotatable bonds is 5. The lowest BCUT2D eigenvalue weighted by atomic mass is 10.0. The number of anilines is 1. The molecular formula is C18H23N5O2. The van der Waals surface area contributed by atoms with Gasteiger partial charge in [-0.25, -0.2) is 0 Å². The summed E-state index contributed by atoms with van der Waals surface area (Å²) in [5.41, 5.74) is 7.62. The number of hydrogen-bond acceptors (Lipinski definition) is 4. The molecule has 1 saturated heterocycles. The first kappa shape index (κ1) is 17.2. The number of aryl methyl sites for hydroxylation is 1. The molecule has 1 aliphatic heterocycles. The van der Waals surface area contributed by atoms with Gasteiger partial charge in [-0.3, -0.25) is 19.2 Å². The number of hydrogen-bond donors (Lipinski definition) is 1. The summed E-state index contributed by atoms with van der Waals surface area (Å²) in [6.45, 7) is 1.30. The van der Waals surface area contributed by atoms with Crippen molar-refractivity contribution in [2.75, 3.05) is 18.5 Å². The van der Waals surface area contributed by atoms with Gasteiger partial charge in [-0.05, 0) is 37.6 Å². The fourth-order valence-corrected chi connectivity index (χ4v) is 3.29. The minimum atomic E-state index is -0.444. The number of likely N-dealkylation sites (N-methyl/N-ethyl adjacent to an activating group) is 1. The lowest BCUT2D eigenvalue weighted by molar-refractivity contribution is -0.125. The van der Waals surface area contributed by atoms with Gasteiger partial charge in [0, 0.05) is 31.9 Å². The van der Waals surface area contributed by atoms with E-state index in [9.17, 15) is 9.59 Å². The normalized spacial score (nSPS) is 18.0. The van der Waals surface area contributed by atoms with Crippen LogP contribution in [0.2, 0.25) is 0 Å². The second kappa shape index (κ2) is 7.06. The van der Waals surface area contributed by atoms with Gasteiger partial charge in [0.05, 0.1) is 17.9 Å². The van der Waals surface area contributed by atoms with Crippen molar-refractivity contribution in [3.05, 3.63) is 47.8 Å². The van der Waals surface area contributed by atoms with Crippen molar-refractivity contribution in [3.8, 4) is 0 Å². The number of aromatic nitrogens is 2. The summed E-state index contributed by atoms with van der Waals surface area (Å²) in [5.74, 6) is -0.353. The van der Waals surface area contributed by atoms with E-state index in [1.807, 2.05) is 37.3 Å². The maximum absolute atomic E-state index is 12.9. The number of nitrogens with two attached hydrogens (primary N) is 1. The molecule has 0 bridgehead atoms. The fraction of sp³-hybridized carbons (Fsp3) is 0.389. The Labute approximate surface area is 147 Å². The van der Waals surface area contributed by atoms with Crippen LogP contribution in [0.25, 0.3) is 0 Å². The van der Waals surface area contributed by atoms with Gasteiger partial charge in [0.25, 0.3) is 0 Å². The molecule has 2 aromatic rings. The Morgan fingerprint density at radius 2 is 2.24 bits per heavy atom. The number of carbonyl (C=O) groups is 2. The minimum absolute atomic E-state index is 0.0906. The molecule has 1 unspecified atom stereocenters.